The quantitative estimate of drug-likeness (QED) is 0.795. The standard InChI is InChI=1S/C18H25N5O2/c1-3-10-23-16(24)14-15(20(2)18(23)25)19-17-21(11-7-12-22(14)17)13-8-5-4-6-9-13/h3,13H,1,4-12H2,2H3. The fourth-order valence-electron chi connectivity index (χ4n) is 4.32. The Balaban J connectivity index is 1.92. The van der Waals surface area contributed by atoms with E-state index in [0.29, 0.717) is 17.2 Å². The minimum atomic E-state index is -0.336. The summed E-state index contributed by atoms with van der Waals surface area (Å²) >= 11 is 0. The van der Waals surface area contributed by atoms with Crippen LogP contribution in [0.4, 0.5) is 5.95 Å². The zero-order valence-corrected chi connectivity index (χ0v) is 14.8. The maximum atomic E-state index is 12.9. The van der Waals surface area contributed by atoms with Gasteiger partial charge in [-0.25, -0.2) is 4.79 Å². The zero-order chi connectivity index (χ0) is 17.6. The van der Waals surface area contributed by atoms with Crippen LogP contribution in [0.3, 0.4) is 0 Å². The Labute approximate surface area is 146 Å². The van der Waals surface area contributed by atoms with Crippen LogP contribution in [0.2, 0.25) is 0 Å². The minimum Gasteiger partial charge on any atom is -0.339 e. The third-order valence-electron chi connectivity index (χ3n) is 5.58. The Morgan fingerprint density at radius 3 is 2.64 bits per heavy atom. The van der Waals surface area contributed by atoms with Crippen molar-refractivity contribution in [3.8, 4) is 0 Å². The number of allylic oxidation sites excluding steroid dienone is 1. The number of hydrogen-bond donors (Lipinski definition) is 0. The van der Waals surface area contributed by atoms with Gasteiger partial charge in [-0.2, -0.15) is 4.98 Å². The highest BCUT2D eigenvalue weighted by atomic mass is 16.2. The molecule has 134 valence electrons. The molecule has 2 aromatic heterocycles. The van der Waals surface area contributed by atoms with E-state index in [1.54, 1.807) is 13.1 Å². The summed E-state index contributed by atoms with van der Waals surface area (Å²) in [6.45, 7) is 5.62. The van der Waals surface area contributed by atoms with E-state index in [1.807, 2.05) is 4.57 Å². The van der Waals surface area contributed by atoms with Crippen LogP contribution in [0, 0.1) is 0 Å². The van der Waals surface area contributed by atoms with Crippen molar-refractivity contribution in [3.63, 3.8) is 0 Å². The van der Waals surface area contributed by atoms with Crippen molar-refractivity contribution in [3.05, 3.63) is 33.5 Å². The van der Waals surface area contributed by atoms with Crippen molar-refractivity contribution in [2.75, 3.05) is 11.4 Å². The molecule has 0 bridgehead atoms. The second kappa shape index (κ2) is 6.20. The van der Waals surface area contributed by atoms with Crippen molar-refractivity contribution in [2.24, 2.45) is 7.05 Å². The monoisotopic (exact) mass is 343 g/mol. The summed E-state index contributed by atoms with van der Waals surface area (Å²) in [5, 5.41) is 0. The molecule has 0 saturated heterocycles. The molecule has 1 aliphatic heterocycles. The molecule has 0 radical (unpaired) electrons. The molecule has 2 aliphatic rings. The summed E-state index contributed by atoms with van der Waals surface area (Å²) in [5.74, 6) is 0.858. The van der Waals surface area contributed by atoms with E-state index in [-0.39, 0.29) is 17.8 Å². The van der Waals surface area contributed by atoms with Gasteiger partial charge in [0.1, 0.15) is 0 Å². The van der Waals surface area contributed by atoms with Gasteiger partial charge in [-0.15, -0.1) is 6.58 Å². The van der Waals surface area contributed by atoms with Crippen LogP contribution < -0.4 is 16.1 Å². The highest BCUT2D eigenvalue weighted by Gasteiger charge is 2.30. The van der Waals surface area contributed by atoms with Crippen molar-refractivity contribution in [2.45, 2.75) is 57.7 Å². The molecular formula is C18H25N5O2. The third kappa shape index (κ3) is 2.44. The smallest absolute Gasteiger partial charge is 0.332 e. The van der Waals surface area contributed by atoms with Gasteiger partial charge in [0, 0.05) is 32.7 Å². The predicted octanol–water partition coefficient (Wildman–Crippen LogP) is 1.63. The number of aryl methyl sites for hydroxylation is 2. The first-order chi connectivity index (χ1) is 12.1. The van der Waals surface area contributed by atoms with Crippen LogP contribution in [-0.2, 0) is 20.1 Å². The molecule has 7 nitrogen and oxygen atoms in total. The number of rotatable bonds is 3. The van der Waals surface area contributed by atoms with Gasteiger partial charge in [0.25, 0.3) is 5.56 Å². The summed E-state index contributed by atoms with van der Waals surface area (Å²) in [5.41, 5.74) is 0.437. The Bertz CT molecular complexity index is 930. The van der Waals surface area contributed by atoms with E-state index in [2.05, 4.69) is 11.5 Å². The maximum Gasteiger partial charge on any atom is 0.332 e. The molecule has 0 spiro atoms. The summed E-state index contributed by atoms with van der Waals surface area (Å²) in [4.78, 5) is 32.5. The van der Waals surface area contributed by atoms with Crippen LogP contribution >= 0.6 is 0 Å². The number of fused-ring (bicyclic) bond motifs is 3. The normalized spacial score (nSPS) is 18.5. The first-order valence-corrected chi connectivity index (χ1v) is 9.21. The molecule has 0 amide bonds. The van der Waals surface area contributed by atoms with Crippen LogP contribution in [0.25, 0.3) is 11.2 Å². The fraction of sp³-hybridized carbons (Fsp3) is 0.611. The third-order valence-corrected chi connectivity index (χ3v) is 5.58. The molecule has 0 aromatic carbocycles. The summed E-state index contributed by atoms with van der Waals surface area (Å²) in [6.07, 6.45) is 8.76. The molecule has 0 unspecified atom stereocenters. The number of aromatic nitrogens is 4. The molecule has 1 saturated carbocycles. The van der Waals surface area contributed by atoms with E-state index < -0.39 is 0 Å². The van der Waals surface area contributed by atoms with Gasteiger partial charge in [0.05, 0.1) is 0 Å². The lowest BCUT2D eigenvalue weighted by Gasteiger charge is -2.37. The molecule has 1 fully saturated rings. The van der Waals surface area contributed by atoms with Gasteiger partial charge in [0.2, 0.25) is 5.95 Å². The van der Waals surface area contributed by atoms with E-state index in [0.717, 1.165) is 25.5 Å². The molecular weight excluding hydrogens is 318 g/mol. The molecule has 2 aromatic rings. The van der Waals surface area contributed by atoms with Gasteiger partial charge < -0.3 is 9.47 Å². The summed E-state index contributed by atoms with van der Waals surface area (Å²) in [7, 11) is 1.69. The van der Waals surface area contributed by atoms with Crippen LogP contribution in [0.5, 0.6) is 0 Å². The molecule has 1 aliphatic carbocycles. The van der Waals surface area contributed by atoms with E-state index >= 15 is 0 Å². The lowest BCUT2D eigenvalue weighted by molar-refractivity contribution is 0.391. The second-order valence-electron chi connectivity index (χ2n) is 7.12. The van der Waals surface area contributed by atoms with Crippen LogP contribution in [-0.4, -0.2) is 31.3 Å². The Morgan fingerprint density at radius 2 is 1.92 bits per heavy atom. The second-order valence-corrected chi connectivity index (χ2v) is 7.12. The predicted molar refractivity (Wildman–Crippen MR) is 98.3 cm³/mol. The molecule has 3 heterocycles. The Kier molecular flexibility index (Phi) is 4.01. The van der Waals surface area contributed by atoms with Gasteiger partial charge in [-0.3, -0.25) is 13.9 Å². The number of nitrogens with zero attached hydrogens (tertiary/aromatic N) is 5. The maximum absolute atomic E-state index is 12.9. The summed E-state index contributed by atoms with van der Waals surface area (Å²) in [6, 6.07) is 0.497. The van der Waals surface area contributed by atoms with E-state index in [4.69, 9.17) is 4.98 Å². The van der Waals surface area contributed by atoms with Gasteiger partial charge in [0.15, 0.2) is 11.2 Å². The van der Waals surface area contributed by atoms with Crippen molar-refractivity contribution in [1.29, 1.82) is 0 Å². The molecule has 0 N–H and O–H groups in total. The number of hydrogen-bond acceptors (Lipinski definition) is 4. The fourth-order valence-corrected chi connectivity index (χ4v) is 4.32. The van der Waals surface area contributed by atoms with Gasteiger partial charge in [-0.1, -0.05) is 25.3 Å². The molecule has 4 rings (SSSR count). The van der Waals surface area contributed by atoms with Crippen LogP contribution in [0.15, 0.2) is 22.2 Å². The van der Waals surface area contributed by atoms with Crippen molar-refractivity contribution < 1.29 is 0 Å². The van der Waals surface area contributed by atoms with Gasteiger partial charge >= 0.3 is 5.69 Å². The summed E-state index contributed by atoms with van der Waals surface area (Å²) < 4.78 is 4.75. The van der Waals surface area contributed by atoms with Gasteiger partial charge in [-0.05, 0) is 19.3 Å². The Hall–Kier alpha value is -2.31. The SMILES string of the molecule is C=CCn1c(=O)c2c(nc3n2CCCN3C2CCCCC2)n(C)c1=O. The average molecular weight is 343 g/mol. The van der Waals surface area contributed by atoms with Crippen molar-refractivity contribution >= 4 is 17.1 Å². The highest BCUT2D eigenvalue weighted by molar-refractivity contribution is 5.75. The highest BCUT2D eigenvalue weighted by Crippen LogP contribution is 2.31. The minimum absolute atomic E-state index is 0.217. The van der Waals surface area contributed by atoms with E-state index in [1.165, 1.54) is 41.2 Å². The van der Waals surface area contributed by atoms with Crippen LogP contribution in [0.1, 0.15) is 38.5 Å². The molecule has 0 atom stereocenters. The number of imidazole rings is 1. The first kappa shape index (κ1) is 16.2. The van der Waals surface area contributed by atoms with E-state index in [9.17, 15) is 9.59 Å². The first-order valence-electron chi connectivity index (χ1n) is 9.21. The largest absolute Gasteiger partial charge is 0.339 e. The topological polar surface area (TPSA) is 65.1 Å². The lowest BCUT2D eigenvalue weighted by Crippen LogP contribution is -2.42. The zero-order valence-electron chi connectivity index (χ0n) is 14.8. The Morgan fingerprint density at radius 1 is 1.16 bits per heavy atom. The molecule has 7 heteroatoms. The average Bonchev–Trinajstić information content (AvgIpc) is 3.04. The number of anilines is 1. The van der Waals surface area contributed by atoms with Crippen molar-refractivity contribution in [1.82, 2.24) is 18.7 Å². The lowest BCUT2D eigenvalue weighted by atomic mass is 9.94. The molecule has 25 heavy (non-hydrogen) atoms.